The molecule has 0 amide bonds. The number of carboxylic acid groups (broad SMARTS) is 1. The fourth-order valence-corrected chi connectivity index (χ4v) is 2.08. The number of hydrogen-bond donors (Lipinski definition) is 2. The van der Waals surface area contributed by atoms with Crippen molar-refractivity contribution in [3.63, 3.8) is 0 Å². The Balaban J connectivity index is 3.57. The first-order valence-corrected chi connectivity index (χ1v) is 8.30. The van der Waals surface area contributed by atoms with Crippen LogP contribution in [0.15, 0.2) is 24.3 Å². The molecule has 126 valence electrons. The standard InChI is InChI=1S/C18H30O4/c1-2-3-4-5-7-10-13-16(19)17(20)14-11-8-6-9-12-15-18(21)22/h3-4,7,10,17,20H,2,5-6,8-9,11-15H2,1H3,(H,21,22)/b4-3+,10-7+. The van der Waals surface area contributed by atoms with Gasteiger partial charge in [0.1, 0.15) is 6.10 Å². The number of aliphatic hydroxyl groups excluding tert-OH is 1. The highest BCUT2D eigenvalue weighted by atomic mass is 16.4. The number of rotatable bonds is 14. The maximum Gasteiger partial charge on any atom is 0.303 e. The third-order valence-electron chi connectivity index (χ3n) is 3.40. The molecule has 1 atom stereocenters. The summed E-state index contributed by atoms with van der Waals surface area (Å²) < 4.78 is 0. The lowest BCUT2D eigenvalue weighted by Gasteiger charge is -2.07. The fraction of sp³-hybridized carbons (Fsp3) is 0.667. The van der Waals surface area contributed by atoms with E-state index >= 15 is 0 Å². The lowest BCUT2D eigenvalue weighted by Crippen LogP contribution is -2.19. The molecule has 0 rings (SSSR count). The minimum absolute atomic E-state index is 0.124. The predicted molar refractivity (Wildman–Crippen MR) is 88.8 cm³/mol. The zero-order valence-corrected chi connectivity index (χ0v) is 13.7. The zero-order valence-electron chi connectivity index (χ0n) is 13.7. The molecule has 4 nitrogen and oxygen atoms in total. The fourth-order valence-electron chi connectivity index (χ4n) is 2.08. The maximum atomic E-state index is 11.7. The molecule has 0 bridgehead atoms. The van der Waals surface area contributed by atoms with Crippen LogP contribution < -0.4 is 0 Å². The molecular weight excluding hydrogens is 280 g/mol. The Kier molecular flexibility index (Phi) is 13.6. The van der Waals surface area contributed by atoms with Crippen molar-refractivity contribution in [2.45, 2.75) is 77.2 Å². The van der Waals surface area contributed by atoms with Crippen molar-refractivity contribution in [2.24, 2.45) is 0 Å². The lowest BCUT2D eigenvalue weighted by molar-refractivity contribution is -0.137. The van der Waals surface area contributed by atoms with E-state index < -0.39 is 12.1 Å². The van der Waals surface area contributed by atoms with Gasteiger partial charge in [-0.15, -0.1) is 0 Å². The van der Waals surface area contributed by atoms with Crippen LogP contribution in [0.5, 0.6) is 0 Å². The van der Waals surface area contributed by atoms with Crippen molar-refractivity contribution in [1.29, 1.82) is 0 Å². The second kappa shape index (κ2) is 14.5. The predicted octanol–water partition coefficient (Wildman–Crippen LogP) is 4.03. The third-order valence-corrected chi connectivity index (χ3v) is 3.40. The number of unbranched alkanes of at least 4 members (excludes halogenated alkanes) is 4. The lowest BCUT2D eigenvalue weighted by atomic mass is 10.0. The molecule has 22 heavy (non-hydrogen) atoms. The van der Waals surface area contributed by atoms with Crippen LogP contribution in [-0.4, -0.2) is 28.1 Å². The molecule has 0 aliphatic carbocycles. The van der Waals surface area contributed by atoms with Gasteiger partial charge in [0.15, 0.2) is 5.78 Å². The molecule has 0 radical (unpaired) electrons. The van der Waals surface area contributed by atoms with Crippen molar-refractivity contribution in [3.8, 4) is 0 Å². The Morgan fingerprint density at radius 3 is 2.27 bits per heavy atom. The van der Waals surface area contributed by atoms with E-state index in [0.29, 0.717) is 19.3 Å². The van der Waals surface area contributed by atoms with Crippen molar-refractivity contribution in [2.75, 3.05) is 0 Å². The second-order valence-electron chi connectivity index (χ2n) is 5.47. The van der Waals surface area contributed by atoms with E-state index in [9.17, 15) is 14.7 Å². The Bertz CT molecular complexity index is 358. The van der Waals surface area contributed by atoms with E-state index in [4.69, 9.17) is 5.11 Å². The van der Waals surface area contributed by atoms with E-state index in [2.05, 4.69) is 19.1 Å². The number of carbonyl (C=O) groups excluding carboxylic acids is 1. The number of carboxylic acids is 1. The van der Waals surface area contributed by atoms with Gasteiger partial charge in [-0.3, -0.25) is 9.59 Å². The average molecular weight is 310 g/mol. The Labute approximate surface area is 133 Å². The van der Waals surface area contributed by atoms with Gasteiger partial charge in [-0.1, -0.05) is 56.9 Å². The van der Waals surface area contributed by atoms with Crippen LogP contribution in [-0.2, 0) is 9.59 Å². The number of aliphatic carboxylic acids is 1. The van der Waals surface area contributed by atoms with Crippen molar-refractivity contribution >= 4 is 11.8 Å². The Morgan fingerprint density at radius 1 is 0.955 bits per heavy atom. The summed E-state index contributed by atoms with van der Waals surface area (Å²) in [5, 5.41) is 18.3. The SMILES string of the molecule is CC/C=C/C/C=C/CC(=O)C(O)CCCCCCCC(=O)O. The van der Waals surface area contributed by atoms with Crippen LogP contribution in [0.2, 0.25) is 0 Å². The molecule has 0 spiro atoms. The number of allylic oxidation sites excluding steroid dienone is 4. The summed E-state index contributed by atoms with van der Waals surface area (Å²) in [4.78, 5) is 22.0. The van der Waals surface area contributed by atoms with E-state index in [1.54, 1.807) is 0 Å². The minimum atomic E-state index is -0.866. The zero-order chi connectivity index (χ0) is 16.6. The highest BCUT2D eigenvalue weighted by Crippen LogP contribution is 2.10. The first kappa shape index (κ1) is 20.6. The van der Waals surface area contributed by atoms with Gasteiger partial charge in [-0.2, -0.15) is 0 Å². The van der Waals surface area contributed by atoms with E-state index in [1.807, 2.05) is 12.2 Å². The third kappa shape index (κ3) is 13.6. The Morgan fingerprint density at radius 2 is 1.59 bits per heavy atom. The summed E-state index contributed by atoms with van der Waals surface area (Å²) >= 11 is 0. The van der Waals surface area contributed by atoms with Gasteiger partial charge in [0.25, 0.3) is 0 Å². The summed E-state index contributed by atoms with van der Waals surface area (Å²) in [5.41, 5.74) is 0. The molecule has 0 fully saturated rings. The number of carbonyl (C=O) groups is 2. The quantitative estimate of drug-likeness (QED) is 0.375. The summed E-state index contributed by atoms with van der Waals surface area (Å²) in [6.45, 7) is 2.08. The molecule has 0 aromatic rings. The van der Waals surface area contributed by atoms with Gasteiger partial charge in [-0.05, 0) is 25.7 Å². The average Bonchev–Trinajstić information content (AvgIpc) is 2.49. The molecule has 0 aromatic heterocycles. The second-order valence-corrected chi connectivity index (χ2v) is 5.47. The van der Waals surface area contributed by atoms with Gasteiger partial charge in [0.05, 0.1) is 0 Å². The molecule has 0 saturated heterocycles. The molecule has 0 aliphatic heterocycles. The van der Waals surface area contributed by atoms with Crippen LogP contribution >= 0.6 is 0 Å². The van der Waals surface area contributed by atoms with Gasteiger partial charge in [-0.25, -0.2) is 0 Å². The minimum Gasteiger partial charge on any atom is -0.481 e. The normalized spacial score (nSPS) is 13.0. The molecule has 4 heteroatoms. The highest BCUT2D eigenvalue weighted by Gasteiger charge is 2.12. The smallest absolute Gasteiger partial charge is 0.303 e. The summed E-state index contributed by atoms with van der Waals surface area (Å²) in [7, 11) is 0. The number of aliphatic hydroxyl groups is 1. The van der Waals surface area contributed by atoms with E-state index in [1.165, 1.54) is 0 Å². The Hall–Kier alpha value is -1.42. The van der Waals surface area contributed by atoms with Gasteiger partial charge in [0, 0.05) is 12.8 Å². The van der Waals surface area contributed by atoms with Crippen LogP contribution in [0.1, 0.15) is 71.1 Å². The first-order valence-electron chi connectivity index (χ1n) is 8.30. The van der Waals surface area contributed by atoms with Crippen LogP contribution in [0.25, 0.3) is 0 Å². The largest absolute Gasteiger partial charge is 0.481 e. The number of hydrogen-bond acceptors (Lipinski definition) is 3. The van der Waals surface area contributed by atoms with Gasteiger partial charge >= 0.3 is 5.97 Å². The summed E-state index contributed by atoms with van der Waals surface area (Å²) in [5.74, 6) is -0.874. The monoisotopic (exact) mass is 310 g/mol. The number of Topliss-reactive ketones (excluding diaryl/α,β-unsaturated/α-hetero) is 1. The van der Waals surface area contributed by atoms with Crippen LogP contribution in [0.3, 0.4) is 0 Å². The van der Waals surface area contributed by atoms with Crippen molar-refractivity contribution in [1.82, 2.24) is 0 Å². The summed E-state index contributed by atoms with van der Waals surface area (Å²) in [6, 6.07) is 0. The molecule has 0 aliphatic rings. The topological polar surface area (TPSA) is 74.6 Å². The first-order chi connectivity index (χ1) is 10.6. The van der Waals surface area contributed by atoms with Crippen molar-refractivity contribution < 1.29 is 19.8 Å². The maximum absolute atomic E-state index is 11.7. The highest BCUT2D eigenvalue weighted by molar-refractivity contribution is 5.84. The molecule has 0 aromatic carbocycles. The molecule has 2 N–H and O–H groups in total. The molecule has 1 unspecified atom stereocenters. The number of ketones is 1. The van der Waals surface area contributed by atoms with Gasteiger partial charge in [0.2, 0.25) is 0 Å². The van der Waals surface area contributed by atoms with Crippen molar-refractivity contribution in [3.05, 3.63) is 24.3 Å². The summed E-state index contributed by atoms with van der Waals surface area (Å²) in [6.07, 6.45) is 14.2. The molecular formula is C18H30O4. The van der Waals surface area contributed by atoms with Crippen LogP contribution in [0, 0.1) is 0 Å². The van der Waals surface area contributed by atoms with E-state index in [0.717, 1.165) is 38.5 Å². The van der Waals surface area contributed by atoms with Gasteiger partial charge < -0.3 is 10.2 Å². The molecule has 0 heterocycles. The molecule has 0 saturated carbocycles. The van der Waals surface area contributed by atoms with E-state index in [-0.39, 0.29) is 12.2 Å². The van der Waals surface area contributed by atoms with Crippen LogP contribution in [0.4, 0.5) is 0 Å².